The van der Waals surface area contributed by atoms with E-state index in [0.29, 0.717) is 16.6 Å². The summed E-state index contributed by atoms with van der Waals surface area (Å²) in [5.41, 5.74) is 5.18. The highest BCUT2D eigenvalue weighted by molar-refractivity contribution is 7.99. The van der Waals surface area contributed by atoms with Crippen LogP contribution in [0, 0.1) is 13.8 Å². The van der Waals surface area contributed by atoms with Gasteiger partial charge in [-0.3, -0.25) is 4.79 Å². The first-order chi connectivity index (χ1) is 12.5. The molecule has 26 heavy (non-hydrogen) atoms. The number of aromatic amines is 1. The highest BCUT2D eigenvalue weighted by atomic mass is 35.5. The number of thioether (sulfide) groups is 1. The van der Waals surface area contributed by atoms with Crippen LogP contribution in [0.1, 0.15) is 34.2 Å². The van der Waals surface area contributed by atoms with E-state index in [1.165, 1.54) is 0 Å². The van der Waals surface area contributed by atoms with Crippen LogP contribution in [0.5, 0.6) is 0 Å². The fourth-order valence-corrected chi connectivity index (χ4v) is 4.14. The Morgan fingerprint density at radius 2 is 1.96 bits per heavy atom. The van der Waals surface area contributed by atoms with Gasteiger partial charge in [0, 0.05) is 27.6 Å². The van der Waals surface area contributed by atoms with Crippen LogP contribution in [0.3, 0.4) is 0 Å². The molecule has 0 atom stereocenters. The van der Waals surface area contributed by atoms with E-state index in [9.17, 15) is 4.79 Å². The number of fused-ring (bicyclic) bond motifs is 1. The van der Waals surface area contributed by atoms with E-state index < -0.39 is 0 Å². The molecular weight excluding hydrogens is 370 g/mol. The lowest BCUT2D eigenvalue weighted by atomic mass is 10.1. The molecule has 0 bridgehead atoms. The average Bonchev–Trinajstić information content (AvgIpc) is 3.15. The molecular formula is C18H16ClN5OS. The molecule has 0 unspecified atom stereocenters. The maximum Gasteiger partial charge on any atom is 0.212 e. The lowest BCUT2D eigenvalue weighted by Crippen LogP contribution is -2.15. The molecule has 6 nitrogen and oxygen atoms in total. The van der Waals surface area contributed by atoms with Gasteiger partial charge in [0.25, 0.3) is 0 Å². The van der Waals surface area contributed by atoms with E-state index in [-0.39, 0.29) is 5.78 Å². The van der Waals surface area contributed by atoms with Crippen molar-refractivity contribution < 1.29 is 4.79 Å². The molecule has 1 aliphatic heterocycles. The van der Waals surface area contributed by atoms with Crippen molar-refractivity contribution in [2.24, 2.45) is 5.10 Å². The Morgan fingerprint density at radius 1 is 1.23 bits per heavy atom. The van der Waals surface area contributed by atoms with Crippen LogP contribution in [0.2, 0.25) is 5.02 Å². The summed E-state index contributed by atoms with van der Waals surface area (Å²) >= 11 is 7.54. The van der Waals surface area contributed by atoms with Crippen molar-refractivity contribution in [3.8, 4) is 11.4 Å². The van der Waals surface area contributed by atoms with E-state index in [0.717, 1.165) is 38.9 Å². The molecule has 0 saturated heterocycles. The summed E-state index contributed by atoms with van der Waals surface area (Å²) in [6.07, 6.45) is 0. The highest BCUT2D eigenvalue weighted by Crippen LogP contribution is 2.30. The molecule has 4 rings (SSSR count). The number of hydrogen-bond donors (Lipinski definition) is 1. The first-order valence-electron chi connectivity index (χ1n) is 8.08. The number of Topliss-reactive ketones (excluding diaryl/α,β-unsaturated/α-hetero) is 1. The van der Waals surface area contributed by atoms with Gasteiger partial charge in [-0.2, -0.15) is 9.78 Å². The van der Waals surface area contributed by atoms with E-state index in [2.05, 4.69) is 15.2 Å². The molecule has 0 saturated carbocycles. The minimum atomic E-state index is 0.0541. The lowest BCUT2D eigenvalue weighted by molar-refractivity contribution is 0.101. The van der Waals surface area contributed by atoms with Crippen molar-refractivity contribution >= 4 is 34.9 Å². The number of benzene rings is 1. The number of carbonyl (C=O) groups excluding carboxylic acids is 1. The first-order valence-corrected chi connectivity index (χ1v) is 9.44. The number of H-pyrrole nitrogens is 1. The first kappa shape index (κ1) is 17.1. The Kier molecular flexibility index (Phi) is 4.20. The van der Waals surface area contributed by atoms with Crippen LogP contribution in [0.25, 0.3) is 11.4 Å². The molecule has 132 valence electrons. The van der Waals surface area contributed by atoms with Gasteiger partial charge in [0.05, 0.1) is 11.4 Å². The van der Waals surface area contributed by atoms with Gasteiger partial charge < -0.3 is 4.98 Å². The maximum absolute atomic E-state index is 11.9. The van der Waals surface area contributed by atoms with Gasteiger partial charge in [0.1, 0.15) is 0 Å². The summed E-state index contributed by atoms with van der Waals surface area (Å²) in [6, 6.07) is 7.42. The van der Waals surface area contributed by atoms with Crippen LogP contribution < -0.4 is 0 Å². The Labute approximate surface area is 159 Å². The SMILES string of the molecule is CC(=O)c1c(C)[nH]c(C2=Nn3c(nnc3-c3ccc(Cl)cc3)SC2)c1C. The lowest BCUT2D eigenvalue weighted by Gasteiger charge is -2.13. The third-order valence-corrected chi connectivity index (χ3v) is 5.53. The Morgan fingerprint density at radius 3 is 2.62 bits per heavy atom. The molecule has 0 fully saturated rings. The van der Waals surface area contributed by atoms with Gasteiger partial charge >= 0.3 is 0 Å². The van der Waals surface area contributed by atoms with Gasteiger partial charge in [0.2, 0.25) is 5.16 Å². The number of rotatable bonds is 3. The summed E-state index contributed by atoms with van der Waals surface area (Å²) in [6.45, 7) is 5.44. The quantitative estimate of drug-likeness (QED) is 0.688. The Hall–Kier alpha value is -2.38. The van der Waals surface area contributed by atoms with Gasteiger partial charge in [-0.15, -0.1) is 10.2 Å². The molecule has 0 amide bonds. The van der Waals surface area contributed by atoms with Crippen molar-refractivity contribution in [2.75, 3.05) is 5.75 Å². The van der Waals surface area contributed by atoms with Crippen molar-refractivity contribution in [3.05, 3.63) is 51.8 Å². The summed E-state index contributed by atoms with van der Waals surface area (Å²) in [5.74, 6) is 1.38. The molecule has 2 aromatic heterocycles. The monoisotopic (exact) mass is 385 g/mol. The molecule has 1 N–H and O–H groups in total. The van der Waals surface area contributed by atoms with Gasteiger partial charge in [0.15, 0.2) is 11.6 Å². The van der Waals surface area contributed by atoms with E-state index in [1.807, 2.05) is 38.1 Å². The summed E-state index contributed by atoms with van der Waals surface area (Å²) in [5, 5.41) is 14.7. The zero-order valence-electron chi connectivity index (χ0n) is 14.5. The second-order valence-corrected chi connectivity index (χ2v) is 7.52. The number of carbonyl (C=O) groups is 1. The molecule has 0 spiro atoms. The summed E-state index contributed by atoms with van der Waals surface area (Å²) in [4.78, 5) is 15.2. The number of ketones is 1. The number of nitrogens with one attached hydrogen (secondary N) is 1. The summed E-state index contributed by atoms with van der Waals surface area (Å²) < 4.78 is 1.75. The zero-order chi connectivity index (χ0) is 18.4. The van der Waals surface area contributed by atoms with Crippen LogP contribution in [-0.2, 0) is 0 Å². The number of nitrogens with zero attached hydrogens (tertiary/aromatic N) is 4. The predicted molar refractivity (Wildman–Crippen MR) is 103 cm³/mol. The fourth-order valence-electron chi connectivity index (χ4n) is 3.20. The third-order valence-electron chi connectivity index (χ3n) is 4.35. The molecule has 8 heteroatoms. The Balaban J connectivity index is 1.81. The predicted octanol–water partition coefficient (Wildman–Crippen LogP) is 4.10. The fraction of sp³-hybridized carbons (Fsp3) is 0.222. The van der Waals surface area contributed by atoms with Gasteiger partial charge in [-0.05, 0) is 50.6 Å². The van der Waals surface area contributed by atoms with Crippen molar-refractivity contribution in [2.45, 2.75) is 25.9 Å². The van der Waals surface area contributed by atoms with Crippen LogP contribution in [-0.4, -0.2) is 37.1 Å². The molecule has 3 heterocycles. The largest absolute Gasteiger partial charge is 0.357 e. The molecule has 0 radical (unpaired) electrons. The topological polar surface area (TPSA) is 75.9 Å². The maximum atomic E-state index is 11.9. The van der Waals surface area contributed by atoms with Crippen molar-refractivity contribution in [3.63, 3.8) is 0 Å². The van der Waals surface area contributed by atoms with Crippen molar-refractivity contribution in [1.82, 2.24) is 19.9 Å². The number of aromatic nitrogens is 4. The molecule has 1 aliphatic rings. The number of aryl methyl sites for hydroxylation is 1. The second kappa shape index (κ2) is 6.41. The van der Waals surface area contributed by atoms with Gasteiger partial charge in [-0.1, -0.05) is 23.4 Å². The standard InChI is InChI=1S/C18H16ClN5OS/c1-9-15(11(3)25)10(2)20-16(9)14-8-26-18-22-21-17(24(18)23-14)12-4-6-13(19)7-5-12/h4-7,20H,8H2,1-3H3. The number of hydrogen-bond acceptors (Lipinski definition) is 5. The van der Waals surface area contributed by atoms with E-state index >= 15 is 0 Å². The second-order valence-electron chi connectivity index (χ2n) is 6.14. The molecule has 3 aromatic rings. The van der Waals surface area contributed by atoms with E-state index in [1.54, 1.807) is 23.4 Å². The third kappa shape index (κ3) is 2.77. The van der Waals surface area contributed by atoms with Crippen molar-refractivity contribution in [1.29, 1.82) is 0 Å². The molecule has 0 aliphatic carbocycles. The molecule has 1 aromatic carbocycles. The zero-order valence-corrected chi connectivity index (χ0v) is 16.1. The van der Waals surface area contributed by atoms with Crippen LogP contribution in [0.4, 0.5) is 0 Å². The highest BCUT2D eigenvalue weighted by Gasteiger charge is 2.24. The smallest absolute Gasteiger partial charge is 0.212 e. The van der Waals surface area contributed by atoms with Crippen LogP contribution >= 0.6 is 23.4 Å². The normalized spacial score (nSPS) is 13.5. The average molecular weight is 386 g/mol. The minimum absolute atomic E-state index is 0.0541. The van der Waals surface area contributed by atoms with Gasteiger partial charge in [-0.25, -0.2) is 0 Å². The Bertz CT molecular complexity index is 1050. The number of halogens is 1. The summed E-state index contributed by atoms with van der Waals surface area (Å²) in [7, 11) is 0. The minimum Gasteiger partial charge on any atom is -0.357 e. The van der Waals surface area contributed by atoms with E-state index in [4.69, 9.17) is 16.7 Å². The van der Waals surface area contributed by atoms with Crippen LogP contribution in [0.15, 0.2) is 34.5 Å².